The Labute approximate surface area is 166 Å². The summed E-state index contributed by atoms with van der Waals surface area (Å²) in [5, 5.41) is 13.2. The fourth-order valence-corrected chi connectivity index (χ4v) is 3.69. The van der Waals surface area contributed by atoms with Crippen LogP contribution < -0.4 is 9.33 Å². The first-order valence-electron chi connectivity index (χ1n) is 9.01. The van der Waals surface area contributed by atoms with Gasteiger partial charge in [-0.25, -0.2) is 0 Å². The third-order valence-electron chi connectivity index (χ3n) is 5.13. The summed E-state index contributed by atoms with van der Waals surface area (Å²) in [4.78, 5) is 29.6. The van der Waals surface area contributed by atoms with Gasteiger partial charge in [-0.05, 0) is 37.3 Å². The predicted octanol–water partition coefficient (Wildman–Crippen LogP) is 2.83. The Morgan fingerprint density at radius 1 is 1.04 bits per heavy atom. The molecule has 0 spiro atoms. The lowest BCUT2D eigenvalue weighted by Gasteiger charge is -2.35. The fourth-order valence-electron chi connectivity index (χ4n) is 3.56. The van der Waals surface area contributed by atoms with Crippen LogP contribution in [0.5, 0.6) is 0 Å². The van der Waals surface area contributed by atoms with Crippen molar-refractivity contribution in [3.63, 3.8) is 0 Å². The Morgan fingerprint density at radius 2 is 1.68 bits per heavy atom. The second kappa shape index (κ2) is 7.16. The SMILES string of the molecule is Cc1c(C(=O)N2CCN(c3ccc(Cl)cc3)CC2)[n+](=O)c2ccccc2n1[O-]. The lowest BCUT2D eigenvalue weighted by molar-refractivity contribution is -0.469. The van der Waals surface area contributed by atoms with Crippen LogP contribution in [0.15, 0.2) is 48.5 Å². The smallest absolute Gasteiger partial charge is 0.346 e. The van der Waals surface area contributed by atoms with Gasteiger partial charge < -0.3 is 19.7 Å². The van der Waals surface area contributed by atoms with Gasteiger partial charge in [-0.3, -0.25) is 4.79 Å². The molecule has 0 saturated carbocycles. The van der Waals surface area contributed by atoms with Gasteiger partial charge in [0.05, 0.1) is 10.1 Å². The molecule has 2 heterocycles. The molecule has 8 heteroatoms. The Hall–Kier alpha value is -3.06. The van der Waals surface area contributed by atoms with Crippen molar-refractivity contribution in [2.45, 2.75) is 6.92 Å². The zero-order valence-electron chi connectivity index (χ0n) is 15.3. The first-order valence-corrected chi connectivity index (χ1v) is 9.39. The summed E-state index contributed by atoms with van der Waals surface area (Å²) < 4.78 is 1.23. The van der Waals surface area contributed by atoms with Crippen molar-refractivity contribution in [2.24, 2.45) is 0 Å². The fraction of sp³-hybridized carbons (Fsp3) is 0.250. The molecule has 1 amide bonds. The molecule has 1 aliphatic heterocycles. The molecule has 1 aromatic heterocycles. The molecule has 3 aromatic rings. The van der Waals surface area contributed by atoms with Crippen LogP contribution in [0.3, 0.4) is 0 Å². The van der Waals surface area contributed by atoms with E-state index >= 15 is 0 Å². The number of anilines is 1. The van der Waals surface area contributed by atoms with Gasteiger partial charge >= 0.3 is 11.6 Å². The van der Waals surface area contributed by atoms with Gasteiger partial charge in [0.15, 0.2) is 0 Å². The van der Waals surface area contributed by atoms with Crippen molar-refractivity contribution in [3.05, 3.63) is 75.1 Å². The molecule has 1 fully saturated rings. The van der Waals surface area contributed by atoms with Crippen LogP contribution in [-0.4, -0.2) is 41.7 Å². The van der Waals surface area contributed by atoms with Gasteiger partial charge in [-0.1, -0.05) is 23.7 Å². The minimum absolute atomic E-state index is 0.110. The highest BCUT2D eigenvalue weighted by Gasteiger charge is 2.32. The molecule has 0 N–H and O–H groups in total. The van der Waals surface area contributed by atoms with Crippen LogP contribution in [0.2, 0.25) is 5.02 Å². The largest absolute Gasteiger partial charge is 0.805 e. The summed E-state index contributed by atoms with van der Waals surface area (Å²) in [5.41, 5.74) is 1.47. The second-order valence-electron chi connectivity index (χ2n) is 6.77. The second-order valence-corrected chi connectivity index (χ2v) is 7.20. The lowest BCUT2D eigenvalue weighted by Crippen LogP contribution is -2.50. The van der Waals surface area contributed by atoms with Crippen molar-refractivity contribution in [1.29, 1.82) is 0 Å². The number of amides is 1. The summed E-state index contributed by atoms with van der Waals surface area (Å²) in [6.45, 7) is 3.71. The van der Waals surface area contributed by atoms with Crippen LogP contribution in [0.1, 0.15) is 16.2 Å². The van der Waals surface area contributed by atoms with Crippen molar-refractivity contribution in [2.75, 3.05) is 31.1 Å². The van der Waals surface area contributed by atoms with Crippen LogP contribution in [0.4, 0.5) is 5.69 Å². The number of aromatic nitrogens is 2. The Balaban J connectivity index is 1.59. The molecule has 144 valence electrons. The van der Waals surface area contributed by atoms with Crippen molar-refractivity contribution in [3.8, 4) is 0 Å². The van der Waals surface area contributed by atoms with Crippen LogP contribution in [-0.2, 0) is 0 Å². The molecule has 2 aromatic carbocycles. The Morgan fingerprint density at radius 3 is 2.36 bits per heavy atom. The quantitative estimate of drug-likeness (QED) is 0.622. The van der Waals surface area contributed by atoms with E-state index in [1.165, 1.54) is 6.92 Å². The van der Waals surface area contributed by atoms with Gasteiger partial charge in [-0.15, -0.1) is 0 Å². The molecular formula is C20H19ClN4O3. The van der Waals surface area contributed by atoms with Gasteiger partial charge in [-0.2, -0.15) is 0 Å². The van der Waals surface area contributed by atoms with Gasteiger partial charge in [0.25, 0.3) is 5.52 Å². The van der Waals surface area contributed by atoms with Crippen molar-refractivity contribution >= 4 is 34.2 Å². The minimum atomic E-state index is -0.418. The van der Waals surface area contributed by atoms with Crippen molar-refractivity contribution in [1.82, 2.24) is 9.63 Å². The number of carbonyl (C=O) groups is 1. The molecule has 1 saturated heterocycles. The summed E-state index contributed by atoms with van der Waals surface area (Å²) in [6, 6.07) is 14.0. The molecular weight excluding hydrogens is 380 g/mol. The lowest BCUT2D eigenvalue weighted by atomic mass is 10.2. The van der Waals surface area contributed by atoms with Gasteiger partial charge in [0.1, 0.15) is 5.52 Å². The number of halogens is 1. The number of carbonyl (C=O) groups excluding carboxylic acids is 1. The number of hydrogen-bond donors (Lipinski definition) is 0. The third kappa shape index (κ3) is 3.07. The topological polar surface area (TPSA) is 74.5 Å². The maximum atomic E-state index is 13.0. The number of nitrogens with zero attached hydrogens (tertiary/aromatic N) is 4. The van der Waals surface area contributed by atoms with E-state index in [1.807, 2.05) is 24.3 Å². The first kappa shape index (κ1) is 18.3. The molecule has 1 aliphatic rings. The van der Waals surface area contributed by atoms with Crippen LogP contribution in [0, 0.1) is 17.0 Å². The molecule has 4 rings (SSSR count). The van der Waals surface area contributed by atoms with E-state index in [-0.39, 0.29) is 22.4 Å². The zero-order chi connectivity index (χ0) is 19.8. The number of benzene rings is 2. The zero-order valence-corrected chi connectivity index (χ0v) is 16.1. The monoisotopic (exact) mass is 398 g/mol. The molecule has 28 heavy (non-hydrogen) atoms. The molecule has 7 nitrogen and oxygen atoms in total. The maximum absolute atomic E-state index is 13.0. The molecule has 0 aliphatic carbocycles. The van der Waals surface area contributed by atoms with Crippen molar-refractivity contribution < 1.29 is 9.22 Å². The van der Waals surface area contributed by atoms with E-state index in [0.29, 0.717) is 40.4 Å². The highest BCUT2D eigenvalue weighted by Crippen LogP contribution is 2.21. The van der Waals surface area contributed by atoms with E-state index in [1.54, 1.807) is 29.2 Å². The number of piperazine rings is 1. The summed E-state index contributed by atoms with van der Waals surface area (Å²) in [6.07, 6.45) is 0. The third-order valence-corrected chi connectivity index (χ3v) is 5.38. The van der Waals surface area contributed by atoms with Crippen LogP contribution in [0.25, 0.3) is 11.0 Å². The average Bonchev–Trinajstić information content (AvgIpc) is 2.73. The molecule has 0 bridgehead atoms. The summed E-state index contributed by atoms with van der Waals surface area (Å²) >= 11 is 5.94. The normalized spacial score (nSPS) is 14.5. The number of rotatable bonds is 2. The first-order chi connectivity index (χ1) is 13.5. The molecule has 0 radical (unpaired) electrons. The highest BCUT2D eigenvalue weighted by atomic mass is 35.5. The Kier molecular flexibility index (Phi) is 4.68. The van der Waals surface area contributed by atoms with Gasteiger partial charge in [0.2, 0.25) is 0 Å². The Bertz CT molecular complexity index is 1100. The summed E-state index contributed by atoms with van der Waals surface area (Å²) in [5.74, 6) is -0.418. The maximum Gasteiger partial charge on any atom is 0.346 e. The van der Waals surface area contributed by atoms with Crippen LogP contribution >= 0.6 is 11.6 Å². The molecule has 0 atom stereocenters. The highest BCUT2D eigenvalue weighted by molar-refractivity contribution is 6.30. The van der Waals surface area contributed by atoms with E-state index < -0.39 is 5.91 Å². The summed E-state index contributed by atoms with van der Waals surface area (Å²) in [7, 11) is 0. The predicted molar refractivity (Wildman–Crippen MR) is 108 cm³/mol. The average molecular weight is 399 g/mol. The minimum Gasteiger partial charge on any atom is -0.805 e. The van der Waals surface area contributed by atoms with Gasteiger partial charge in [0, 0.05) is 47.9 Å². The number of para-hydroxylation sites is 2. The molecule has 0 unspecified atom stereocenters. The van der Waals surface area contributed by atoms with E-state index in [9.17, 15) is 14.9 Å². The number of hydrogen-bond acceptors (Lipinski definition) is 4. The van der Waals surface area contributed by atoms with E-state index in [0.717, 1.165) is 5.69 Å². The number of fused-ring (bicyclic) bond motifs is 1. The standard InChI is InChI=1S/C20H19ClN4O3/c1-14-19(25(28)18-5-3-2-4-17(18)24(14)27)20(26)23-12-10-22(11-13-23)16-8-6-15(21)7-9-16/h2-9H,10-13H2,1H3. The van der Waals surface area contributed by atoms with E-state index in [4.69, 9.17) is 11.6 Å². The van der Waals surface area contributed by atoms with E-state index in [2.05, 4.69) is 4.90 Å².